The maximum absolute atomic E-state index is 12.1. The number of carbonyl (C=O) groups excluding carboxylic acids is 1. The minimum Gasteiger partial charge on any atom is -0.480 e. The van der Waals surface area contributed by atoms with E-state index in [1.165, 1.54) is 11.1 Å². The number of carbonyl (C=O) groups is 2. The van der Waals surface area contributed by atoms with Crippen LogP contribution in [0.1, 0.15) is 31.4 Å². The summed E-state index contributed by atoms with van der Waals surface area (Å²) in [7, 11) is 0. The first kappa shape index (κ1) is 16.0. The lowest BCUT2D eigenvalue weighted by molar-refractivity contribution is -0.138. The van der Waals surface area contributed by atoms with Crippen LogP contribution in [0.15, 0.2) is 42.5 Å². The van der Waals surface area contributed by atoms with Gasteiger partial charge in [-0.05, 0) is 17.5 Å². The van der Waals surface area contributed by atoms with Gasteiger partial charge in [-0.1, -0.05) is 55.8 Å². The molecule has 1 aromatic carbocycles. The average Bonchev–Trinajstić information content (AvgIpc) is 2.73. The summed E-state index contributed by atoms with van der Waals surface area (Å²) < 4.78 is 0. The first-order valence-corrected chi connectivity index (χ1v) is 7.29. The molecule has 0 saturated heterocycles. The van der Waals surface area contributed by atoms with Gasteiger partial charge >= 0.3 is 5.97 Å². The number of benzene rings is 1. The monoisotopic (exact) mass is 299 g/mol. The fourth-order valence-electron chi connectivity index (χ4n) is 2.86. The maximum Gasteiger partial charge on any atom is 0.322 e. The van der Waals surface area contributed by atoms with Gasteiger partial charge in [0.2, 0.25) is 5.91 Å². The van der Waals surface area contributed by atoms with E-state index in [9.17, 15) is 9.59 Å². The molecule has 116 valence electrons. The Kier molecular flexibility index (Phi) is 4.50. The van der Waals surface area contributed by atoms with E-state index in [2.05, 4.69) is 44.0 Å². The summed E-state index contributed by atoms with van der Waals surface area (Å²) >= 11 is 0. The lowest BCUT2D eigenvalue weighted by atomic mass is 9.78. The maximum atomic E-state index is 12.1. The molecule has 22 heavy (non-hydrogen) atoms. The number of aliphatic carboxylic acids is 1. The van der Waals surface area contributed by atoms with Gasteiger partial charge in [-0.3, -0.25) is 9.59 Å². The molecule has 0 radical (unpaired) electrons. The summed E-state index contributed by atoms with van der Waals surface area (Å²) in [6.07, 6.45) is 4.24. The quantitative estimate of drug-likeness (QED) is 0.794. The van der Waals surface area contributed by atoms with E-state index in [1.807, 2.05) is 12.1 Å². The molecule has 2 N–H and O–H groups in total. The number of fused-ring (bicyclic) bond motifs is 1. The van der Waals surface area contributed by atoms with Crippen LogP contribution in [0.2, 0.25) is 0 Å². The second-order valence-corrected chi connectivity index (χ2v) is 6.04. The van der Waals surface area contributed by atoms with Crippen LogP contribution in [0, 0.1) is 5.92 Å². The highest BCUT2D eigenvalue weighted by Gasteiger charge is 2.34. The molecule has 1 amide bonds. The van der Waals surface area contributed by atoms with Crippen LogP contribution in [0.3, 0.4) is 0 Å². The predicted molar refractivity (Wildman–Crippen MR) is 86.4 cm³/mol. The van der Waals surface area contributed by atoms with Crippen molar-refractivity contribution < 1.29 is 14.7 Å². The normalized spacial score (nSPS) is 16.4. The van der Waals surface area contributed by atoms with Crippen LogP contribution < -0.4 is 5.32 Å². The molecule has 0 aliphatic heterocycles. The van der Waals surface area contributed by atoms with Gasteiger partial charge in [-0.2, -0.15) is 0 Å². The SMILES string of the molecule is C=CC(CC1=Cc2ccccc2C1(C)C)C(=O)NCC(=O)O. The molecular weight excluding hydrogens is 278 g/mol. The minimum atomic E-state index is -1.05. The smallest absolute Gasteiger partial charge is 0.322 e. The number of hydrogen-bond donors (Lipinski definition) is 2. The zero-order valence-electron chi connectivity index (χ0n) is 12.9. The van der Waals surface area contributed by atoms with E-state index >= 15 is 0 Å². The summed E-state index contributed by atoms with van der Waals surface area (Å²) in [4.78, 5) is 22.6. The Morgan fingerprint density at radius 3 is 2.64 bits per heavy atom. The molecule has 1 unspecified atom stereocenters. The Hall–Kier alpha value is -2.36. The van der Waals surface area contributed by atoms with Crippen molar-refractivity contribution in [3.8, 4) is 0 Å². The number of allylic oxidation sites excluding steroid dienone is 1. The van der Waals surface area contributed by atoms with Crippen LogP contribution in [-0.2, 0) is 15.0 Å². The van der Waals surface area contributed by atoms with Gasteiger partial charge in [0.05, 0.1) is 5.92 Å². The fourth-order valence-corrected chi connectivity index (χ4v) is 2.86. The van der Waals surface area contributed by atoms with Gasteiger partial charge < -0.3 is 10.4 Å². The molecule has 0 aromatic heterocycles. The number of carboxylic acids is 1. The molecule has 1 atom stereocenters. The third-order valence-corrected chi connectivity index (χ3v) is 4.24. The van der Waals surface area contributed by atoms with Crippen molar-refractivity contribution in [1.82, 2.24) is 5.32 Å². The third-order valence-electron chi connectivity index (χ3n) is 4.24. The molecule has 0 bridgehead atoms. The molecule has 1 aromatic rings. The van der Waals surface area contributed by atoms with Gasteiger partial charge in [0.25, 0.3) is 0 Å². The van der Waals surface area contributed by atoms with Crippen molar-refractivity contribution in [2.75, 3.05) is 6.54 Å². The van der Waals surface area contributed by atoms with E-state index in [4.69, 9.17) is 5.11 Å². The first-order valence-electron chi connectivity index (χ1n) is 7.29. The van der Waals surface area contributed by atoms with Crippen molar-refractivity contribution in [2.24, 2.45) is 5.92 Å². The van der Waals surface area contributed by atoms with E-state index in [0.29, 0.717) is 6.42 Å². The number of nitrogens with one attached hydrogen (secondary N) is 1. The minimum absolute atomic E-state index is 0.134. The Morgan fingerprint density at radius 2 is 2.05 bits per heavy atom. The Bertz CT molecular complexity index is 643. The summed E-state index contributed by atoms with van der Waals surface area (Å²) in [6, 6.07) is 8.19. The van der Waals surface area contributed by atoms with Gasteiger partial charge in [0.1, 0.15) is 6.54 Å². The second kappa shape index (κ2) is 6.18. The standard InChI is InChI=1S/C18H21NO3/c1-4-12(17(22)19-11-16(20)21)9-14-10-13-7-5-6-8-15(13)18(14,2)3/h4-8,10,12H,1,9,11H2,2-3H3,(H,19,22)(H,20,21). The predicted octanol–water partition coefficient (Wildman–Crippen LogP) is 2.75. The summed E-state index contributed by atoms with van der Waals surface area (Å²) in [5.74, 6) is -1.78. The molecular formula is C18H21NO3. The average molecular weight is 299 g/mol. The number of hydrogen-bond acceptors (Lipinski definition) is 2. The van der Waals surface area contributed by atoms with Crippen molar-refractivity contribution in [3.63, 3.8) is 0 Å². The molecule has 0 spiro atoms. The van der Waals surface area contributed by atoms with E-state index < -0.39 is 11.9 Å². The first-order chi connectivity index (χ1) is 10.4. The van der Waals surface area contributed by atoms with Crippen LogP contribution in [0.4, 0.5) is 0 Å². The fraction of sp³-hybridized carbons (Fsp3) is 0.333. The molecule has 1 aliphatic rings. The van der Waals surface area contributed by atoms with Gasteiger partial charge in [0.15, 0.2) is 0 Å². The van der Waals surface area contributed by atoms with Crippen molar-refractivity contribution in [3.05, 3.63) is 53.6 Å². The van der Waals surface area contributed by atoms with Crippen molar-refractivity contribution in [1.29, 1.82) is 0 Å². The number of rotatable bonds is 6. The van der Waals surface area contributed by atoms with E-state index in [0.717, 1.165) is 5.57 Å². The van der Waals surface area contributed by atoms with Gasteiger partial charge in [-0.25, -0.2) is 0 Å². The van der Waals surface area contributed by atoms with Crippen LogP contribution in [-0.4, -0.2) is 23.5 Å². The molecule has 4 heteroatoms. The zero-order valence-corrected chi connectivity index (χ0v) is 12.9. The summed E-state index contributed by atoms with van der Waals surface area (Å²) in [6.45, 7) is 7.62. The highest BCUT2D eigenvalue weighted by Crippen LogP contribution is 2.43. The van der Waals surface area contributed by atoms with Crippen molar-refractivity contribution in [2.45, 2.75) is 25.7 Å². The Balaban J connectivity index is 2.14. The van der Waals surface area contributed by atoms with Crippen LogP contribution in [0.25, 0.3) is 6.08 Å². The molecule has 4 nitrogen and oxygen atoms in total. The summed E-state index contributed by atoms with van der Waals surface area (Å²) in [5, 5.41) is 11.1. The number of amides is 1. The largest absolute Gasteiger partial charge is 0.480 e. The molecule has 0 saturated carbocycles. The highest BCUT2D eigenvalue weighted by atomic mass is 16.4. The number of carboxylic acid groups (broad SMARTS) is 1. The van der Waals surface area contributed by atoms with Crippen LogP contribution >= 0.6 is 0 Å². The van der Waals surface area contributed by atoms with Gasteiger partial charge in [0, 0.05) is 5.41 Å². The lowest BCUT2D eigenvalue weighted by Gasteiger charge is -2.26. The zero-order chi connectivity index (χ0) is 16.3. The Morgan fingerprint density at radius 1 is 1.36 bits per heavy atom. The van der Waals surface area contributed by atoms with E-state index in [-0.39, 0.29) is 17.9 Å². The second-order valence-electron chi connectivity index (χ2n) is 6.04. The summed E-state index contributed by atoms with van der Waals surface area (Å²) in [5.41, 5.74) is 3.45. The Labute approximate surface area is 130 Å². The van der Waals surface area contributed by atoms with Gasteiger partial charge in [-0.15, -0.1) is 6.58 Å². The lowest BCUT2D eigenvalue weighted by Crippen LogP contribution is -2.34. The van der Waals surface area contributed by atoms with E-state index in [1.54, 1.807) is 6.08 Å². The molecule has 1 aliphatic carbocycles. The van der Waals surface area contributed by atoms with Crippen molar-refractivity contribution >= 4 is 18.0 Å². The topological polar surface area (TPSA) is 66.4 Å². The molecule has 0 fully saturated rings. The molecule has 2 rings (SSSR count). The third kappa shape index (κ3) is 3.11. The van der Waals surface area contributed by atoms with Crippen LogP contribution in [0.5, 0.6) is 0 Å². The molecule has 0 heterocycles. The highest BCUT2D eigenvalue weighted by molar-refractivity contribution is 5.84.